The highest BCUT2D eigenvalue weighted by Crippen LogP contribution is 2.43. The van der Waals surface area contributed by atoms with Crippen LogP contribution in [0, 0.1) is 5.41 Å². The summed E-state index contributed by atoms with van der Waals surface area (Å²) in [6.07, 6.45) is -1.47. The standard InChI is InChI=1S/C13H21NO6/c1-11(2,3)20-9(17)12(4)6-13(5,8(15)16)14(7-12)10(18)19/h6-7H2,1-5H3,(H,15,16)(H,18,19). The van der Waals surface area contributed by atoms with Gasteiger partial charge in [0, 0.05) is 6.54 Å². The fourth-order valence-electron chi connectivity index (χ4n) is 2.44. The Balaban J connectivity index is 3.09. The van der Waals surface area contributed by atoms with Gasteiger partial charge in [0.05, 0.1) is 5.41 Å². The molecule has 1 aliphatic rings. The Morgan fingerprint density at radius 3 is 1.95 bits per heavy atom. The minimum absolute atomic E-state index is 0.115. The van der Waals surface area contributed by atoms with Crippen LogP contribution in [-0.4, -0.2) is 50.8 Å². The van der Waals surface area contributed by atoms with Crippen LogP contribution in [0.2, 0.25) is 0 Å². The van der Waals surface area contributed by atoms with E-state index < -0.39 is 34.6 Å². The highest BCUT2D eigenvalue weighted by atomic mass is 16.6. The number of likely N-dealkylation sites (tertiary alicyclic amines) is 1. The number of aliphatic carboxylic acids is 1. The van der Waals surface area contributed by atoms with Crippen molar-refractivity contribution >= 4 is 18.0 Å². The topological polar surface area (TPSA) is 104 Å². The molecule has 7 nitrogen and oxygen atoms in total. The van der Waals surface area contributed by atoms with Crippen molar-refractivity contribution in [2.24, 2.45) is 5.41 Å². The van der Waals surface area contributed by atoms with Crippen molar-refractivity contribution in [1.82, 2.24) is 4.90 Å². The molecule has 1 amide bonds. The van der Waals surface area contributed by atoms with Gasteiger partial charge >= 0.3 is 18.0 Å². The summed E-state index contributed by atoms with van der Waals surface area (Å²) in [5.74, 6) is -1.85. The van der Waals surface area contributed by atoms with Gasteiger partial charge in [0.15, 0.2) is 0 Å². The number of ether oxygens (including phenoxy) is 1. The van der Waals surface area contributed by atoms with Gasteiger partial charge in [0.2, 0.25) is 0 Å². The van der Waals surface area contributed by atoms with E-state index in [0.29, 0.717) is 0 Å². The van der Waals surface area contributed by atoms with Crippen molar-refractivity contribution in [3.05, 3.63) is 0 Å². The molecule has 20 heavy (non-hydrogen) atoms. The number of esters is 1. The van der Waals surface area contributed by atoms with Gasteiger partial charge in [-0.15, -0.1) is 0 Å². The molecule has 0 aromatic rings. The molecule has 1 rings (SSSR count). The largest absolute Gasteiger partial charge is 0.480 e. The highest BCUT2D eigenvalue weighted by Gasteiger charge is 2.59. The summed E-state index contributed by atoms with van der Waals surface area (Å²) in [6, 6.07) is 0. The number of hydrogen-bond donors (Lipinski definition) is 2. The molecule has 7 heteroatoms. The second-order valence-corrected chi connectivity index (χ2v) is 6.69. The summed E-state index contributed by atoms with van der Waals surface area (Å²) in [5.41, 5.74) is -3.51. The predicted molar refractivity (Wildman–Crippen MR) is 69.3 cm³/mol. The molecule has 2 unspecified atom stereocenters. The maximum absolute atomic E-state index is 12.2. The van der Waals surface area contributed by atoms with Gasteiger partial charge in [-0.3, -0.25) is 9.69 Å². The third-order valence-corrected chi connectivity index (χ3v) is 3.42. The number of carboxylic acids is 1. The Hall–Kier alpha value is -1.79. The molecule has 2 N–H and O–H groups in total. The number of carboxylic acid groups (broad SMARTS) is 2. The summed E-state index contributed by atoms with van der Waals surface area (Å²) in [6.45, 7) is 7.75. The third-order valence-electron chi connectivity index (χ3n) is 3.42. The normalized spacial score (nSPS) is 30.1. The lowest BCUT2D eigenvalue weighted by molar-refractivity contribution is -0.166. The van der Waals surface area contributed by atoms with E-state index in [1.807, 2.05) is 0 Å². The summed E-state index contributed by atoms with van der Waals surface area (Å²) in [7, 11) is 0. The van der Waals surface area contributed by atoms with E-state index in [9.17, 15) is 19.5 Å². The highest BCUT2D eigenvalue weighted by molar-refractivity contribution is 5.88. The summed E-state index contributed by atoms with van der Waals surface area (Å²) >= 11 is 0. The second-order valence-electron chi connectivity index (χ2n) is 6.69. The maximum atomic E-state index is 12.2. The average molecular weight is 287 g/mol. The molecule has 1 fully saturated rings. The molecule has 1 saturated heterocycles. The summed E-state index contributed by atoms with van der Waals surface area (Å²) in [4.78, 5) is 35.6. The molecule has 0 radical (unpaired) electrons. The third kappa shape index (κ3) is 2.86. The Kier molecular flexibility index (Phi) is 3.78. The van der Waals surface area contributed by atoms with Crippen LogP contribution < -0.4 is 0 Å². The van der Waals surface area contributed by atoms with Crippen molar-refractivity contribution in [2.45, 2.75) is 52.2 Å². The van der Waals surface area contributed by atoms with Crippen molar-refractivity contribution in [2.75, 3.05) is 6.54 Å². The smallest absolute Gasteiger partial charge is 0.408 e. The molecule has 0 saturated carbocycles. The minimum atomic E-state index is -1.63. The first-order valence-electron chi connectivity index (χ1n) is 6.29. The van der Waals surface area contributed by atoms with Crippen LogP contribution in [-0.2, 0) is 14.3 Å². The number of amides is 1. The summed E-state index contributed by atoms with van der Waals surface area (Å²) in [5, 5.41) is 18.4. The quantitative estimate of drug-likeness (QED) is 0.747. The molecule has 1 aliphatic heterocycles. The van der Waals surface area contributed by atoms with E-state index in [1.165, 1.54) is 13.8 Å². The Morgan fingerprint density at radius 1 is 1.15 bits per heavy atom. The molecule has 114 valence electrons. The van der Waals surface area contributed by atoms with Gasteiger partial charge in [-0.05, 0) is 41.0 Å². The van der Waals surface area contributed by atoms with Crippen molar-refractivity contribution < 1.29 is 29.3 Å². The molecule has 0 aromatic carbocycles. The van der Waals surface area contributed by atoms with E-state index in [2.05, 4.69) is 0 Å². The Labute approximate surface area is 117 Å². The average Bonchev–Trinajstić information content (AvgIpc) is 2.51. The van der Waals surface area contributed by atoms with Gasteiger partial charge in [-0.25, -0.2) is 9.59 Å². The number of nitrogens with zero attached hydrogens (tertiary/aromatic N) is 1. The molecular formula is C13H21NO6. The van der Waals surface area contributed by atoms with Crippen LogP contribution in [0.15, 0.2) is 0 Å². The zero-order chi connectivity index (χ0) is 15.9. The lowest BCUT2D eigenvalue weighted by Gasteiger charge is -2.28. The predicted octanol–water partition coefficient (Wildman–Crippen LogP) is 1.56. The lowest BCUT2D eigenvalue weighted by Crippen LogP contribution is -2.50. The van der Waals surface area contributed by atoms with Crippen LogP contribution in [0.25, 0.3) is 0 Å². The number of carbonyl (C=O) groups excluding carboxylic acids is 1. The zero-order valence-electron chi connectivity index (χ0n) is 12.4. The Morgan fingerprint density at radius 2 is 1.65 bits per heavy atom. The first kappa shape index (κ1) is 16.3. The van der Waals surface area contributed by atoms with Crippen LogP contribution in [0.1, 0.15) is 41.0 Å². The van der Waals surface area contributed by atoms with E-state index >= 15 is 0 Å². The van der Waals surface area contributed by atoms with E-state index in [4.69, 9.17) is 9.84 Å². The zero-order valence-corrected chi connectivity index (χ0v) is 12.4. The fraction of sp³-hybridized carbons (Fsp3) is 0.769. The van der Waals surface area contributed by atoms with Crippen molar-refractivity contribution in [3.8, 4) is 0 Å². The fourth-order valence-corrected chi connectivity index (χ4v) is 2.44. The SMILES string of the molecule is CC(C)(C)OC(=O)C1(C)CN(C(=O)O)C(C)(C(=O)O)C1. The first-order valence-corrected chi connectivity index (χ1v) is 6.29. The summed E-state index contributed by atoms with van der Waals surface area (Å²) < 4.78 is 5.27. The van der Waals surface area contributed by atoms with Crippen LogP contribution in [0.5, 0.6) is 0 Å². The van der Waals surface area contributed by atoms with Crippen LogP contribution in [0.4, 0.5) is 4.79 Å². The molecule has 0 bridgehead atoms. The maximum Gasteiger partial charge on any atom is 0.408 e. The van der Waals surface area contributed by atoms with Crippen LogP contribution >= 0.6 is 0 Å². The van der Waals surface area contributed by atoms with Crippen molar-refractivity contribution in [1.29, 1.82) is 0 Å². The Bertz CT molecular complexity index is 454. The van der Waals surface area contributed by atoms with Gasteiger partial charge in [0.1, 0.15) is 11.1 Å². The van der Waals surface area contributed by atoms with E-state index in [-0.39, 0.29) is 13.0 Å². The number of rotatable bonds is 2. The lowest BCUT2D eigenvalue weighted by atomic mass is 9.83. The van der Waals surface area contributed by atoms with Gasteiger partial charge in [-0.1, -0.05) is 0 Å². The molecule has 2 atom stereocenters. The molecule has 0 spiro atoms. The first-order chi connectivity index (χ1) is 8.82. The van der Waals surface area contributed by atoms with Gasteiger partial charge in [-0.2, -0.15) is 0 Å². The minimum Gasteiger partial charge on any atom is -0.480 e. The van der Waals surface area contributed by atoms with Gasteiger partial charge in [0.25, 0.3) is 0 Å². The monoisotopic (exact) mass is 287 g/mol. The molecular weight excluding hydrogens is 266 g/mol. The number of carbonyl (C=O) groups is 3. The van der Waals surface area contributed by atoms with Crippen molar-refractivity contribution in [3.63, 3.8) is 0 Å². The molecule has 0 aromatic heterocycles. The van der Waals surface area contributed by atoms with Gasteiger partial charge < -0.3 is 14.9 Å². The molecule has 1 heterocycles. The number of hydrogen-bond acceptors (Lipinski definition) is 4. The second kappa shape index (κ2) is 4.64. The van der Waals surface area contributed by atoms with E-state index in [0.717, 1.165) is 4.90 Å². The molecule has 0 aliphatic carbocycles. The van der Waals surface area contributed by atoms with E-state index in [1.54, 1.807) is 20.8 Å². The van der Waals surface area contributed by atoms with Crippen LogP contribution in [0.3, 0.4) is 0 Å².